The number of hydrogen-bond donors (Lipinski definition) is 2. The summed E-state index contributed by atoms with van der Waals surface area (Å²) in [6.07, 6.45) is -0.815. The normalized spacial score (nSPS) is 25.6. The number of carboxylic acid groups (broad SMARTS) is 1. The standard InChI is InChI=1S/C10H18N2O4/c1-10(2,3)16-8(13)7-4-6(11)5-12(7)9(14)15/h6-7H,4-5,11H2,1-3H3,(H,14,15). The summed E-state index contributed by atoms with van der Waals surface area (Å²) in [5, 5.41) is 8.91. The largest absolute Gasteiger partial charge is 0.465 e. The molecule has 0 aromatic rings. The van der Waals surface area contributed by atoms with Crippen molar-refractivity contribution in [3.63, 3.8) is 0 Å². The van der Waals surface area contributed by atoms with Crippen LogP contribution < -0.4 is 5.73 Å². The lowest BCUT2D eigenvalue weighted by Gasteiger charge is -2.25. The van der Waals surface area contributed by atoms with Gasteiger partial charge in [0.1, 0.15) is 11.6 Å². The van der Waals surface area contributed by atoms with Gasteiger partial charge < -0.3 is 15.6 Å². The van der Waals surface area contributed by atoms with Crippen LogP contribution in [-0.4, -0.2) is 46.3 Å². The van der Waals surface area contributed by atoms with Gasteiger partial charge in [-0.3, -0.25) is 4.90 Å². The summed E-state index contributed by atoms with van der Waals surface area (Å²) in [5.74, 6) is -0.525. The van der Waals surface area contributed by atoms with Crippen LogP contribution in [-0.2, 0) is 9.53 Å². The number of esters is 1. The number of rotatable bonds is 1. The van der Waals surface area contributed by atoms with Crippen LogP contribution in [0.25, 0.3) is 0 Å². The van der Waals surface area contributed by atoms with Gasteiger partial charge in [0.05, 0.1) is 0 Å². The van der Waals surface area contributed by atoms with Gasteiger partial charge in [0.15, 0.2) is 0 Å². The molecule has 16 heavy (non-hydrogen) atoms. The SMILES string of the molecule is CC(C)(C)OC(=O)C1CC(N)CN1C(=O)O. The second-order valence-corrected chi connectivity index (χ2v) is 4.98. The summed E-state index contributed by atoms with van der Waals surface area (Å²) in [6.45, 7) is 5.40. The van der Waals surface area contributed by atoms with Crippen molar-refractivity contribution in [1.29, 1.82) is 0 Å². The molecule has 1 rings (SSSR count). The van der Waals surface area contributed by atoms with Crippen molar-refractivity contribution in [2.75, 3.05) is 6.54 Å². The van der Waals surface area contributed by atoms with Gasteiger partial charge in [0.25, 0.3) is 0 Å². The Morgan fingerprint density at radius 3 is 2.44 bits per heavy atom. The molecular weight excluding hydrogens is 212 g/mol. The summed E-state index contributed by atoms with van der Waals surface area (Å²) in [6, 6.07) is -1.07. The molecule has 1 saturated heterocycles. The van der Waals surface area contributed by atoms with E-state index in [2.05, 4.69) is 0 Å². The van der Waals surface area contributed by atoms with Gasteiger partial charge in [-0.15, -0.1) is 0 Å². The van der Waals surface area contributed by atoms with Crippen LogP contribution in [0.4, 0.5) is 4.79 Å². The summed E-state index contributed by atoms with van der Waals surface area (Å²) in [4.78, 5) is 23.7. The van der Waals surface area contributed by atoms with Gasteiger partial charge >= 0.3 is 12.1 Å². The van der Waals surface area contributed by atoms with E-state index in [9.17, 15) is 9.59 Å². The molecule has 0 aromatic heterocycles. The quantitative estimate of drug-likeness (QED) is 0.636. The van der Waals surface area contributed by atoms with E-state index in [1.807, 2.05) is 0 Å². The third kappa shape index (κ3) is 3.10. The maximum Gasteiger partial charge on any atom is 0.408 e. The van der Waals surface area contributed by atoms with Gasteiger partial charge in [-0.05, 0) is 27.2 Å². The van der Waals surface area contributed by atoms with E-state index in [4.69, 9.17) is 15.6 Å². The molecule has 2 unspecified atom stereocenters. The number of carbonyl (C=O) groups excluding carboxylic acids is 1. The smallest absolute Gasteiger partial charge is 0.408 e. The zero-order valence-electron chi connectivity index (χ0n) is 9.77. The molecule has 3 N–H and O–H groups in total. The molecule has 0 aromatic carbocycles. The molecule has 1 aliphatic rings. The van der Waals surface area contributed by atoms with Crippen LogP contribution in [0.2, 0.25) is 0 Å². The second kappa shape index (κ2) is 4.29. The van der Waals surface area contributed by atoms with E-state index in [0.717, 1.165) is 4.90 Å². The van der Waals surface area contributed by atoms with Gasteiger partial charge in [0.2, 0.25) is 0 Å². The van der Waals surface area contributed by atoms with Crippen LogP contribution in [0.5, 0.6) is 0 Å². The molecule has 0 saturated carbocycles. The first-order valence-corrected chi connectivity index (χ1v) is 5.18. The van der Waals surface area contributed by atoms with Crippen molar-refractivity contribution >= 4 is 12.1 Å². The molecule has 1 heterocycles. The van der Waals surface area contributed by atoms with Crippen molar-refractivity contribution in [3.8, 4) is 0 Å². The molecule has 0 bridgehead atoms. The lowest BCUT2D eigenvalue weighted by Crippen LogP contribution is -2.43. The number of nitrogens with two attached hydrogens (primary N) is 1. The average molecular weight is 230 g/mol. The summed E-state index contributed by atoms with van der Waals surface area (Å²) in [7, 11) is 0. The number of likely N-dealkylation sites (tertiary alicyclic amines) is 1. The third-order valence-electron chi connectivity index (χ3n) is 2.26. The van der Waals surface area contributed by atoms with Crippen molar-refractivity contribution in [3.05, 3.63) is 0 Å². The zero-order valence-corrected chi connectivity index (χ0v) is 9.77. The summed E-state index contributed by atoms with van der Waals surface area (Å²) >= 11 is 0. The summed E-state index contributed by atoms with van der Waals surface area (Å²) < 4.78 is 5.15. The molecule has 1 amide bonds. The zero-order chi connectivity index (χ0) is 12.5. The van der Waals surface area contributed by atoms with E-state index in [0.29, 0.717) is 6.42 Å². The number of carbonyl (C=O) groups is 2. The topological polar surface area (TPSA) is 92.9 Å². The monoisotopic (exact) mass is 230 g/mol. The lowest BCUT2D eigenvalue weighted by molar-refractivity contribution is -0.159. The Labute approximate surface area is 94.3 Å². The van der Waals surface area contributed by atoms with Crippen LogP contribution in [0.3, 0.4) is 0 Å². The van der Waals surface area contributed by atoms with Crippen molar-refractivity contribution in [2.45, 2.75) is 44.9 Å². The minimum Gasteiger partial charge on any atom is -0.465 e. The molecule has 0 spiro atoms. The number of nitrogens with zero attached hydrogens (tertiary/aromatic N) is 1. The number of ether oxygens (including phenoxy) is 1. The molecular formula is C10H18N2O4. The van der Waals surface area contributed by atoms with Crippen LogP contribution in [0.15, 0.2) is 0 Å². The average Bonchev–Trinajstić information content (AvgIpc) is 2.44. The predicted molar refractivity (Wildman–Crippen MR) is 57.0 cm³/mol. The molecule has 6 heteroatoms. The highest BCUT2D eigenvalue weighted by molar-refractivity contribution is 5.82. The van der Waals surface area contributed by atoms with Gasteiger partial charge in [-0.2, -0.15) is 0 Å². The van der Waals surface area contributed by atoms with Crippen LogP contribution >= 0.6 is 0 Å². The van der Waals surface area contributed by atoms with E-state index in [-0.39, 0.29) is 12.6 Å². The molecule has 0 aliphatic carbocycles. The first kappa shape index (κ1) is 12.8. The van der Waals surface area contributed by atoms with Crippen LogP contribution in [0.1, 0.15) is 27.2 Å². The fourth-order valence-corrected chi connectivity index (χ4v) is 1.67. The Hall–Kier alpha value is -1.30. The highest BCUT2D eigenvalue weighted by Gasteiger charge is 2.40. The Bertz CT molecular complexity index is 298. The van der Waals surface area contributed by atoms with E-state index >= 15 is 0 Å². The molecule has 6 nitrogen and oxygen atoms in total. The van der Waals surface area contributed by atoms with Gasteiger partial charge in [-0.1, -0.05) is 0 Å². The Morgan fingerprint density at radius 1 is 1.44 bits per heavy atom. The fourth-order valence-electron chi connectivity index (χ4n) is 1.67. The molecule has 1 fully saturated rings. The van der Waals surface area contributed by atoms with E-state index < -0.39 is 23.7 Å². The minimum absolute atomic E-state index is 0.180. The molecule has 92 valence electrons. The van der Waals surface area contributed by atoms with Crippen molar-refractivity contribution < 1.29 is 19.4 Å². The Kier molecular flexibility index (Phi) is 3.42. The predicted octanol–water partition coefficient (Wildman–Crippen LogP) is 0.408. The fraction of sp³-hybridized carbons (Fsp3) is 0.800. The van der Waals surface area contributed by atoms with E-state index in [1.54, 1.807) is 20.8 Å². The highest BCUT2D eigenvalue weighted by Crippen LogP contribution is 2.20. The van der Waals surface area contributed by atoms with Crippen molar-refractivity contribution in [2.24, 2.45) is 5.73 Å². The van der Waals surface area contributed by atoms with Gasteiger partial charge in [0, 0.05) is 12.6 Å². The Morgan fingerprint density at radius 2 is 2.00 bits per heavy atom. The van der Waals surface area contributed by atoms with Crippen molar-refractivity contribution in [1.82, 2.24) is 4.90 Å². The lowest BCUT2D eigenvalue weighted by atomic mass is 10.1. The maximum absolute atomic E-state index is 11.7. The Balaban J connectivity index is 2.71. The maximum atomic E-state index is 11.7. The summed E-state index contributed by atoms with van der Waals surface area (Å²) in [5.41, 5.74) is 5.02. The van der Waals surface area contributed by atoms with E-state index in [1.165, 1.54) is 0 Å². The first-order chi connectivity index (χ1) is 7.20. The molecule has 2 atom stereocenters. The number of hydrogen-bond acceptors (Lipinski definition) is 4. The molecule has 0 radical (unpaired) electrons. The van der Waals surface area contributed by atoms with Gasteiger partial charge in [-0.25, -0.2) is 9.59 Å². The molecule has 1 aliphatic heterocycles. The van der Waals surface area contributed by atoms with Crippen LogP contribution in [0, 0.1) is 0 Å². The number of amides is 1. The highest BCUT2D eigenvalue weighted by atomic mass is 16.6. The second-order valence-electron chi connectivity index (χ2n) is 4.98. The third-order valence-corrected chi connectivity index (χ3v) is 2.26. The first-order valence-electron chi connectivity index (χ1n) is 5.18. The minimum atomic E-state index is -1.14.